The van der Waals surface area contributed by atoms with Gasteiger partial charge in [-0.25, -0.2) is 13.8 Å². The molecular weight excluding hydrogens is 801 g/mol. The van der Waals surface area contributed by atoms with E-state index >= 15 is 0 Å². The van der Waals surface area contributed by atoms with Crippen LogP contribution in [0.1, 0.15) is 80.6 Å². The summed E-state index contributed by atoms with van der Waals surface area (Å²) in [6.45, 7) is 15.8. The van der Waals surface area contributed by atoms with Gasteiger partial charge in [0, 0.05) is 44.1 Å². The first-order valence-corrected chi connectivity index (χ1v) is 21.3. The lowest BCUT2D eigenvalue weighted by molar-refractivity contribution is -0.336. The SMILES string of the molecule is C=C1C[C@@]2(O)C3CC[C@]4(C)C(CC[C@@]5(C(C)OS(=O)c6ccc(OC)cc6)COC(=O)C=C[C@H]54)[C@@]3(C)[C@H](OC(C)=O)[C@H](OC(C)=O)[C@@]2(C)[C@]2(C(=O)OC)O[C@H]12.COC(C)=O. The smallest absolute Gasteiger partial charge is 0.342 e. The Morgan fingerprint density at radius 1 is 0.900 bits per heavy atom. The van der Waals surface area contributed by atoms with Gasteiger partial charge >= 0.3 is 29.8 Å². The Hall–Kier alpha value is -4.12. The third kappa shape index (κ3) is 6.62. The molecule has 2 aliphatic heterocycles. The number of epoxide rings is 1. The van der Waals surface area contributed by atoms with Crippen molar-refractivity contribution in [3.8, 4) is 5.75 Å². The Balaban J connectivity index is 0.00000114. The van der Waals surface area contributed by atoms with Gasteiger partial charge in [-0.3, -0.25) is 18.6 Å². The van der Waals surface area contributed by atoms with Gasteiger partial charge in [-0.05, 0) is 92.5 Å². The lowest BCUT2D eigenvalue weighted by Crippen LogP contribution is -2.82. The maximum absolute atomic E-state index is 13.8. The number of hydrogen-bond donors (Lipinski definition) is 1. The molecule has 330 valence electrons. The Morgan fingerprint density at radius 3 is 2.07 bits per heavy atom. The lowest BCUT2D eigenvalue weighted by Gasteiger charge is -2.73. The highest BCUT2D eigenvalue weighted by Gasteiger charge is 2.90. The fraction of sp³-hybridized carbons (Fsp3) is 0.659. The molecule has 4 unspecified atom stereocenters. The van der Waals surface area contributed by atoms with Crippen LogP contribution >= 0.6 is 0 Å². The van der Waals surface area contributed by atoms with Crippen LogP contribution in [0.25, 0.3) is 0 Å². The molecule has 5 fully saturated rings. The highest BCUT2D eigenvalue weighted by molar-refractivity contribution is 7.80. The van der Waals surface area contributed by atoms with E-state index in [-0.39, 0.29) is 30.8 Å². The predicted octanol–water partition coefficient (Wildman–Crippen LogP) is 4.74. The van der Waals surface area contributed by atoms with Crippen LogP contribution in [0, 0.1) is 39.4 Å². The lowest BCUT2D eigenvalue weighted by atomic mass is 9.32. The van der Waals surface area contributed by atoms with Gasteiger partial charge < -0.3 is 38.3 Å². The number of fused-ring (bicyclic) bond motifs is 9. The number of aliphatic hydroxyl groups is 1. The molecule has 0 bridgehead atoms. The third-order valence-corrected chi connectivity index (χ3v) is 16.4. The second-order valence-corrected chi connectivity index (χ2v) is 19.0. The molecule has 6 aliphatic rings. The van der Waals surface area contributed by atoms with Crippen molar-refractivity contribution in [2.75, 3.05) is 27.9 Å². The topological polar surface area (TPSA) is 200 Å². The first-order chi connectivity index (χ1) is 28.1. The van der Waals surface area contributed by atoms with Gasteiger partial charge in [0.15, 0.2) is 17.2 Å². The summed E-state index contributed by atoms with van der Waals surface area (Å²) in [5, 5.41) is 13.5. The van der Waals surface area contributed by atoms with Gasteiger partial charge in [-0.2, -0.15) is 0 Å². The monoisotopic (exact) mass is 858 g/mol. The number of allylic oxidation sites excluding steroid dienone is 1. The molecule has 0 amide bonds. The molecule has 0 spiro atoms. The zero-order valence-corrected chi connectivity index (χ0v) is 36.8. The van der Waals surface area contributed by atoms with Gasteiger partial charge in [-0.15, -0.1) is 0 Å². The number of hydrogen-bond acceptors (Lipinski definition) is 15. The second-order valence-electron chi connectivity index (χ2n) is 17.8. The summed E-state index contributed by atoms with van der Waals surface area (Å²) in [6, 6.07) is 6.78. The van der Waals surface area contributed by atoms with Crippen LogP contribution in [0.15, 0.2) is 53.5 Å². The minimum Gasteiger partial charge on any atom is -0.497 e. The molecular formula is C44H58O15S. The maximum atomic E-state index is 13.8. The van der Waals surface area contributed by atoms with Crippen LogP contribution in [0.2, 0.25) is 0 Å². The van der Waals surface area contributed by atoms with Crippen LogP contribution in [-0.4, -0.2) is 103 Å². The maximum Gasteiger partial charge on any atom is 0.342 e. The molecule has 15 nitrogen and oxygen atoms in total. The van der Waals surface area contributed by atoms with E-state index in [9.17, 15) is 33.3 Å². The van der Waals surface area contributed by atoms with E-state index < -0.39 is 98.2 Å². The average Bonchev–Trinajstić information content (AvgIpc) is 4.00. The first-order valence-electron chi connectivity index (χ1n) is 20.2. The average molecular weight is 859 g/mol. The Morgan fingerprint density at radius 2 is 1.50 bits per heavy atom. The minimum atomic E-state index is -1.87. The van der Waals surface area contributed by atoms with Gasteiger partial charge in [0.1, 0.15) is 24.6 Å². The van der Waals surface area contributed by atoms with Crippen LogP contribution in [-0.2, 0) is 67.7 Å². The summed E-state index contributed by atoms with van der Waals surface area (Å²) in [7, 11) is 4.13. The number of cyclic esters (lactones) is 1. The van der Waals surface area contributed by atoms with Crippen molar-refractivity contribution in [1.82, 2.24) is 0 Å². The van der Waals surface area contributed by atoms with Crippen molar-refractivity contribution in [1.29, 1.82) is 0 Å². The van der Waals surface area contributed by atoms with Gasteiger partial charge in [-0.1, -0.05) is 26.5 Å². The van der Waals surface area contributed by atoms with Gasteiger partial charge in [0.25, 0.3) is 0 Å². The van der Waals surface area contributed by atoms with Crippen molar-refractivity contribution in [3.63, 3.8) is 0 Å². The second kappa shape index (κ2) is 16.0. The number of carbonyl (C=O) groups is 5. The molecule has 7 rings (SSSR count). The summed E-state index contributed by atoms with van der Waals surface area (Å²) >= 11 is -1.87. The number of carbonyl (C=O) groups excluding carboxylic acids is 5. The number of ether oxygens (including phenoxy) is 7. The van der Waals surface area contributed by atoms with Gasteiger partial charge in [0.05, 0.1) is 43.3 Å². The highest BCUT2D eigenvalue weighted by Crippen LogP contribution is 2.78. The van der Waals surface area contributed by atoms with E-state index in [1.54, 1.807) is 38.3 Å². The highest BCUT2D eigenvalue weighted by atomic mass is 32.2. The van der Waals surface area contributed by atoms with E-state index in [1.807, 2.05) is 19.9 Å². The number of benzene rings is 1. The zero-order valence-electron chi connectivity index (χ0n) is 36.0. The molecule has 1 N–H and O–H groups in total. The van der Waals surface area contributed by atoms with Crippen molar-refractivity contribution in [2.45, 2.75) is 121 Å². The summed E-state index contributed by atoms with van der Waals surface area (Å²) in [5.41, 5.74) is -7.14. The molecule has 1 aromatic rings. The van der Waals surface area contributed by atoms with Gasteiger partial charge in [0.2, 0.25) is 5.60 Å². The van der Waals surface area contributed by atoms with Crippen molar-refractivity contribution in [3.05, 3.63) is 48.6 Å². The quantitative estimate of drug-likeness (QED) is 0.163. The standard InChI is InChI=1S/C41H52O13S.C3H6O2/c1-22-20-40(46)30-16-18-36(5)28(37(30,6)33(51-24(3)42)34(52-25(4)43)38(40,7)41(32(22)53-41)35(45)49-9)17-19-39(21-50-31(44)15-14-29(36)39)23(2)54-55(47)27-12-10-26(48-8)11-13-27;1-3(4)5-2/h10-15,23,28-30,32-34,46H,1,16-21H2,2-9H3;1-2H3/t23?,28?,29-,30?,32+,33+,34-,36+,37+,38+,39-,40+,41-,55?;/m0./s1. The summed E-state index contributed by atoms with van der Waals surface area (Å²) < 4.78 is 59.3. The molecule has 14 atom stereocenters. The van der Waals surface area contributed by atoms with Crippen molar-refractivity contribution in [2.24, 2.45) is 39.4 Å². The number of methoxy groups -OCH3 is 3. The van der Waals surface area contributed by atoms with Crippen LogP contribution in [0.3, 0.4) is 0 Å². The van der Waals surface area contributed by atoms with E-state index in [2.05, 4.69) is 18.2 Å². The molecule has 4 aliphatic carbocycles. The molecule has 0 aromatic heterocycles. The fourth-order valence-corrected chi connectivity index (χ4v) is 13.4. The van der Waals surface area contributed by atoms with E-state index in [4.69, 9.17) is 32.6 Å². The van der Waals surface area contributed by atoms with Crippen molar-refractivity contribution < 1.29 is 70.6 Å². The molecule has 1 saturated heterocycles. The summed E-state index contributed by atoms with van der Waals surface area (Å²) in [4.78, 5) is 63.1. The molecule has 1 aromatic carbocycles. The molecule has 16 heteroatoms. The van der Waals surface area contributed by atoms with Crippen LogP contribution in [0.5, 0.6) is 5.75 Å². The molecule has 4 saturated carbocycles. The molecule has 2 heterocycles. The first kappa shape index (κ1) is 45.4. The number of rotatable bonds is 8. The Labute approximate surface area is 353 Å². The van der Waals surface area contributed by atoms with Crippen LogP contribution < -0.4 is 4.74 Å². The van der Waals surface area contributed by atoms with Crippen molar-refractivity contribution >= 4 is 40.9 Å². The van der Waals surface area contributed by atoms with E-state index in [1.165, 1.54) is 41.1 Å². The van der Waals surface area contributed by atoms with E-state index in [0.29, 0.717) is 41.9 Å². The zero-order chi connectivity index (χ0) is 44.4. The van der Waals surface area contributed by atoms with Crippen LogP contribution in [0.4, 0.5) is 0 Å². The Bertz CT molecular complexity index is 1980. The Kier molecular flexibility index (Phi) is 12.1. The largest absolute Gasteiger partial charge is 0.497 e. The summed E-state index contributed by atoms with van der Waals surface area (Å²) in [5.74, 6) is -3.48. The minimum absolute atomic E-state index is 0.0125. The third-order valence-electron chi connectivity index (χ3n) is 15.2. The summed E-state index contributed by atoms with van der Waals surface area (Å²) in [6.07, 6.45) is 1.32. The fourth-order valence-electron chi connectivity index (χ4n) is 12.5. The van der Waals surface area contributed by atoms with E-state index in [0.717, 1.165) is 0 Å². The number of esters is 5. The molecule has 60 heavy (non-hydrogen) atoms. The molecule has 0 radical (unpaired) electrons. The predicted molar refractivity (Wildman–Crippen MR) is 213 cm³/mol. The normalized spacial score (nSPS) is 40.6.